The molecule has 0 spiro atoms. The van der Waals surface area contributed by atoms with E-state index in [4.69, 9.17) is 27.9 Å². The molecule has 1 fully saturated rings. The normalized spacial score (nSPS) is 19.5. The van der Waals surface area contributed by atoms with Gasteiger partial charge in [-0.05, 0) is 32.4 Å². The summed E-state index contributed by atoms with van der Waals surface area (Å²) in [4.78, 5) is 13.9. The van der Waals surface area contributed by atoms with Gasteiger partial charge in [0, 0.05) is 19.6 Å². The Hall–Kier alpha value is -0.970. The van der Waals surface area contributed by atoms with Crippen LogP contribution in [0, 0.1) is 0 Å². The first kappa shape index (κ1) is 16.4. The minimum atomic E-state index is -0.495. The summed E-state index contributed by atoms with van der Waals surface area (Å²) in [5.41, 5.74) is 0.406. The number of benzene rings is 1. The van der Waals surface area contributed by atoms with Gasteiger partial charge < -0.3 is 15.0 Å². The number of piperazine rings is 1. The van der Waals surface area contributed by atoms with Crippen molar-refractivity contribution >= 4 is 29.3 Å². The number of nitrogens with one attached hydrogen (secondary N) is 1. The first-order valence-corrected chi connectivity index (χ1v) is 7.69. The Balaban J connectivity index is 2.10. The van der Waals surface area contributed by atoms with Crippen LogP contribution in [0.5, 0.6) is 0 Å². The number of rotatable bonds is 1. The summed E-state index contributed by atoms with van der Waals surface area (Å²) in [6.07, 6.45) is -0.299. The molecular weight excluding hydrogens is 311 g/mol. The third-order valence-corrected chi connectivity index (χ3v) is 4.02. The Labute approximate surface area is 135 Å². The Morgan fingerprint density at radius 3 is 2.76 bits per heavy atom. The number of hydrogen-bond acceptors (Lipinski definition) is 3. The molecule has 4 nitrogen and oxygen atoms in total. The minimum absolute atomic E-state index is 0.0440. The topological polar surface area (TPSA) is 41.6 Å². The Morgan fingerprint density at radius 2 is 2.10 bits per heavy atom. The monoisotopic (exact) mass is 330 g/mol. The molecule has 21 heavy (non-hydrogen) atoms. The first-order valence-electron chi connectivity index (χ1n) is 6.93. The molecule has 1 N–H and O–H groups in total. The SMILES string of the molecule is CC(C)(C)OC(=O)N1CCNC(c2cccc(Cl)c2Cl)C1. The Bertz CT molecular complexity index is 529. The van der Waals surface area contributed by atoms with E-state index in [1.54, 1.807) is 11.0 Å². The zero-order valence-corrected chi connectivity index (χ0v) is 14.0. The fourth-order valence-electron chi connectivity index (χ4n) is 2.24. The van der Waals surface area contributed by atoms with Crippen molar-refractivity contribution in [2.45, 2.75) is 32.4 Å². The van der Waals surface area contributed by atoms with Gasteiger partial charge in [0.25, 0.3) is 0 Å². The van der Waals surface area contributed by atoms with Gasteiger partial charge in [0.2, 0.25) is 0 Å². The predicted molar refractivity (Wildman–Crippen MR) is 85.0 cm³/mol. The summed E-state index contributed by atoms with van der Waals surface area (Å²) in [5.74, 6) is 0. The van der Waals surface area contributed by atoms with E-state index >= 15 is 0 Å². The molecule has 1 aliphatic heterocycles. The Kier molecular flexibility index (Phi) is 5.02. The van der Waals surface area contributed by atoms with Crippen LogP contribution in [0.3, 0.4) is 0 Å². The van der Waals surface area contributed by atoms with Crippen molar-refractivity contribution in [2.24, 2.45) is 0 Å². The van der Waals surface area contributed by atoms with Crippen LogP contribution in [0.1, 0.15) is 32.4 Å². The molecule has 1 amide bonds. The van der Waals surface area contributed by atoms with Gasteiger partial charge >= 0.3 is 6.09 Å². The number of ether oxygens (including phenoxy) is 1. The molecule has 6 heteroatoms. The lowest BCUT2D eigenvalue weighted by Crippen LogP contribution is -2.49. The second kappa shape index (κ2) is 6.42. The summed E-state index contributed by atoms with van der Waals surface area (Å²) >= 11 is 12.3. The summed E-state index contributed by atoms with van der Waals surface area (Å²) < 4.78 is 5.42. The van der Waals surface area contributed by atoms with E-state index in [2.05, 4.69) is 5.32 Å². The maximum Gasteiger partial charge on any atom is 0.410 e. The number of nitrogens with zero attached hydrogens (tertiary/aromatic N) is 1. The summed E-state index contributed by atoms with van der Waals surface area (Å²) in [6, 6.07) is 5.49. The second-order valence-corrected chi connectivity index (χ2v) is 6.86. The zero-order valence-electron chi connectivity index (χ0n) is 12.5. The van der Waals surface area contributed by atoms with Crippen LogP contribution < -0.4 is 5.32 Å². The van der Waals surface area contributed by atoms with Gasteiger partial charge in [-0.1, -0.05) is 35.3 Å². The van der Waals surface area contributed by atoms with E-state index < -0.39 is 5.60 Å². The first-order chi connectivity index (χ1) is 9.78. The molecule has 0 aliphatic carbocycles. The number of carbonyl (C=O) groups excluding carboxylic acids is 1. The van der Waals surface area contributed by atoms with Gasteiger partial charge in [-0.3, -0.25) is 0 Å². The van der Waals surface area contributed by atoms with Crippen molar-refractivity contribution in [3.8, 4) is 0 Å². The van der Waals surface area contributed by atoms with Gasteiger partial charge in [0.05, 0.1) is 16.1 Å². The third-order valence-electron chi connectivity index (χ3n) is 3.18. The third kappa shape index (κ3) is 4.25. The fourth-order valence-corrected chi connectivity index (χ4v) is 2.68. The largest absolute Gasteiger partial charge is 0.444 e. The molecule has 116 valence electrons. The highest BCUT2D eigenvalue weighted by Crippen LogP contribution is 2.31. The standard InChI is InChI=1S/C15H20Cl2N2O2/c1-15(2,3)21-14(20)19-8-7-18-12(9-19)10-5-4-6-11(16)13(10)17/h4-6,12,18H,7-9H2,1-3H3. The van der Waals surface area contributed by atoms with Crippen molar-refractivity contribution < 1.29 is 9.53 Å². The molecule has 0 saturated carbocycles. The molecule has 1 aromatic carbocycles. The number of halogens is 2. The average molecular weight is 331 g/mol. The lowest BCUT2D eigenvalue weighted by Gasteiger charge is -2.35. The molecule has 1 heterocycles. The molecular formula is C15H20Cl2N2O2. The maximum absolute atomic E-state index is 12.2. The quantitative estimate of drug-likeness (QED) is 0.849. The maximum atomic E-state index is 12.2. The van der Waals surface area contributed by atoms with Crippen LogP contribution in [-0.4, -0.2) is 36.2 Å². The van der Waals surface area contributed by atoms with Gasteiger partial charge in [-0.15, -0.1) is 0 Å². The minimum Gasteiger partial charge on any atom is -0.444 e. The van der Waals surface area contributed by atoms with Crippen LogP contribution in [0.15, 0.2) is 18.2 Å². The fraction of sp³-hybridized carbons (Fsp3) is 0.533. The van der Waals surface area contributed by atoms with Crippen LogP contribution in [0.4, 0.5) is 4.79 Å². The van der Waals surface area contributed by atoms with Crippen LogP contribution >= 0.6 is 23.2 Å². The van der Waals surface area contributed by atoms with E-state index in [1.165, 1.54) is 0 Å². The van der Waals surface area contributed by atoms with Gasteiger partial charge in [-0.2, -0.15) is 0 Å². The van der Waals surface area contributed by atoms with E-state index in [9.17, 15) is 4.79 Å². The van der Waals surface area contributed by atoms with Gasteiger partial charge in [0.15, 0.2) is 0 Å². The second-order valence-electron chi connectivity index (χ2n) is 6.08. The highest BCUT2D eigenvalue weighted by atomic mass is 35.5. The zero-order chi connectivity index (χ0) is 15.6. The number of hydrogen-bond donors (Lipinski definition) is 1. The van der Waals surface area contributed by atoms with Crippen molar-refractivity contribution in [1.29, 1.82) is 0 Å². The van der Waals surface area contributed by atoms with Crippen LogP contribution in [0.25, 0.3) is 0 Å². The molecule has 0 bridgehead atoms. The van der Waals surface area contributed by atoms with Gasteiger partial charge in [-0.25, -0.2) is 4.79 Å². The van der Waals surface area contributed by atoms with Crippen molar-refractivity contribution in [2.75, 3.05) is 19.6 Å². The Morgan fingerprint density at radius 1 is 1.38 bits per heavy atom. The van der Waals surface area contributed by atoms with E-state index in [0.717, 1.165) is 5.56 Å². The van der Waals surface area contributed by atoms with E-state index in [-0.39, 0.29) is 12.1 Å². The molecule has 0 radical (unpaired) electrons. The highest BCUT2D eigenvalue weighted by Gasteiger charge is 2.29. The van der Waals surface area contributed by atoms with E-state index in [1.807, 2.05) is 32.9 Å². The van der Waals surface area contributed by atoms with Crippen molar-refractivity contribution in [3.05, 3.63) is 33.8 Å². The number of carbonyl (C=O) groups is 1. The molecule has 1 atom stereocenters. The lowest BCUT2D eigenvalue weighted by molar-refractivity contribution is 0.0195. The van der Waals surface area contributed by atoms with E-state index in [0.29, 0.717) is 29.7 Å². The number of amides is 1. The van der Waals surface area contributed by atoms with Crippen LogP contribution in [0.2, 0.25) is 10.0 Å². The van der Waals surface area contributed by atoms with Crippen molar-refractivity contribution in [3.63, 3.8) is 0 Å². The smallest absolute Gasteiger partial charge is 0.410 e. The average Bonchev–Trinajstić information content (AvgIpc) is 2.40. The lowest BCUT2D eigenvalue weighted by atomic mass is 10.0. The molecule has 0 aromatic heterocycles. The summed E-state index contributed by atoms with van der Waals surface area (Å²) in [5, 5.41) is 4.41. The summed E-state index contributed by atoms with van der Waals surface area (Å²) in [7, 11) is 0. The van der Waals surface area contributed by atoms with Crippen LogP contribution in [-0.2, 0) is 4.74 Å². The van der Waals surface area contributed by atoms with Gasteiger partial charge in [0.1, 0.15) is 5.60 Å². The molecule has 1 aliphatic rings. The highest BCUT2D eigenvalue weighted by molar-refractivity contribution is 6.42. The summed E-state index contributed by atoms with van der Waals surface area (Å²) in [6.45, 7) is 7.39. The van der Waals surface area contributed by atoms with Crippen molar-refractivity contribution in [1.82, 2.24) is 10.2 Å². The molecule has 1 aromatic rings. The molecule has 2 rings (SSSR count). The molecule has 1 unspecified atom stereocenters. The molecule has 1 saturated heterocycles. The predicted octanol–water partition coefficient (Wildman–Crippen LogP) is 3.87.